The first-order valence-electron chi connectivity index (χ1n) is 6.33. The van der Waals surface area contributed by atoms with Gasteiger partial charge in [-0.25, -0.2) is 4.79 Å². The van der Waals surface area contributed by atoms with Gasteiger partial charge in [-0.05, 0) is 30.6 Å². The summed E-state index contributed by atoms with van der Waals surface area (Å²) in [5.74, 6) is -0.993. The molecule has 0 bridgehead atoms. The van der Waals surface area contributed by atoms with Crippen molar-refractivity contribution in [3.63, 3.8) is 0 Å². The van der Waals surface area contributed by atoms with E-state index >= 15 is 0 Å². The van der Waals surface area contributed by atoms with Crippen molar-refractivity contribution in [3.8, 4) is 6.19 Å². The Balaban J connectivity index is 2.11. The zero-order valence-corrected chi connectivity index (χ0v) is 10.9. The first-order valence-corrected chi connectivity index (χ1v) is 6.33. The monoisotopic (exact) mass is 266 g/mol. The zero-order valence-electron chi connectivity index (χ0n) is 10.9. The molecule has 0 radical (unpaired) electrons. The van der Waals surface area contributed by atoms with E-state index in [1.807, 2.05) is 30.3 Å². The second-order valence-corrected chi connectivity index (χ2v) is 4.57. The predicted molar refractivity (Wildman–Crippen MR) is 76.2 cm³/mol. The van der Waals surface area contributed by atoms with E-state index in [1.165, 1.54) is 11.6 Å². The summed E-state index contributed by atoms with van der Waals surface area (Å²) in [6.07, 6.45) is 7.00. The summed E-state index contributed by atoms with van der Waals surface area (Å²) in [7, 11) is 0. The number of carboxylic acids is 1. The number of nitrogens with zero attached hydrogens (tertiary/aromatic N) is 2. The molecule has 0 saturated carbocycles. The van der Waals surface area contributed by atoms with E-state index in [2.05, 4.69) is 4.99 Å². The predicted octanol–water partition coefficient (Wildman–Crippen LogP) is 2.88. The molecule has 0 unspecified atom stereocenters. The van der Waals surface area contributed by atoms with Crippen LogP contribution in [0.2, 0.25) is 0 Å². The molecule has 20 heavy (non-hydrogen) atoms. The highest BCUT2D eigenvalue weighted by molar-refractivity contribution is 6.06. The molecule has 0 spiro atoms. The number of aryl methyl sites for hydroxylation is 1. The number of rotatable bonds is 4. The molecular weight excluding hydrogens is 252 g/mol. The van der Waals surface area contributed by atoms with Crippen LogP contribution in [0.25, 0.3) is 0 Å². The third-order valence-corrected chi connectivity index (χ3v) is 3.11. The van der Waals surface area contributed by atoms with Crippen LogP contribution in [0.3, 0.4) is 0 Å². The van der Waals surface area contributed by atoms with Gasteiger partial charge in [-0.1, -0.05) is 35.9 Å². The van der Waals surface area contributed by atoms with Gasteiger partial charge in [-0.2, -0.15) is 10.3 Å². The van der Waals surface area contributed by atoms with Crippen LogP contribution in [0, 0.1) is 11.5 Å². The van der Waals surface area contributed by atoms with E-state index in [0.29, 0.717) is 12.1 Å². The summed E-state index contributed by atoms with van der Waals surface area (Å²) in [4.78, 5) is 14.7. The molecule has 4 nitrogen and oxygen atoms in total. The summed E-state index contributed by atoms with van der Waals surface area (Å²) in [6.45, 7) is 0. The second kappa shape index (κ2) is 6.48. The van der Waals surface area contributed by atoms with Crippen LogP contribution in [0.4, 0.5) is 0 Å². The quantitative estimate of drug-likeness (QED) is 0.851. The van der Waals surface area contributed by atoms with E-state index in [1.54, 1.807) is 12.3 Å². The SMILES string of the molecule is N#CN=C1C=C(C(=O)O)C=C(CCc2ccccc2)C1. The lowest BCUT2D eigenvalue weighted by molar-refractivity contribution is -0.132. The lowest BCUT2D eigenvalue weighted by Crippen LogP contribution is -2.10. The number of hydrogen-bond donors (Lipinski definition) is 1. The molecule has 0 amide bonds. The van der Waals surface area contributed by atoms with Gasteiger partial charge in [0.25, 0.3) is 0 Å². The highest BCUT2D eigenvalue weighted by atomic mass is 16.4. The number of benzene rings is 1. The van der Waals surface area contributed by atoms with Crippen LogP contribution < -0.4 is 0 Å². The standard InChI is InChI=1S/C16H14N2O2/c17-11-18-15-9-13(8-14(10-15)16(19)20)7-6-12-4-2-1-3-5-12/h1-5,8,10H,6-7,9H2,(H,19,20). The highest BCUT2D eigenvalue weighted by Gasteiger charge is 2.15. The van der Waals surface area contributed by atoms with E-state index in [0.717, 1.165) is 18.4 Å². The molecule has 0 saturated heterocycles. The lowest BCUT2D eigenvalue weighted by atomic mass is 9.93. The summed E-state index contributed by atoms with van der Waals surface area (Å²) < 4.78 is 0. The second-order valence-electron chi connectivity index (χ2n) is 4.57. The summed E-state index contributed by atoms with van der Waals surface area (Å²) in [5, 5.41) is 17.7. The van der Waals surface area contributed by atoms with Crippen LogP contribution in [0.1, 0.15) is 18.4 Å². The van der Waals surface area contributed by atoms with Crippen molar-refractivity contribution >= 4 is 11.7 Å². The van der Waals surface area contributed by atoms with E-state index in [4.69, 9.17) is 10.4 Å². The number of aliphatic imine (C=N–C) groups is 1. The van der Waals surface area contributed by atoms with E-state index < -0.39 is 5.97 Å². The molecular formula is C16H14N2O2. The molecule has 4 heteroatoms. The topological polar surface area (TPSA) is 73.5 Å². The molecule has 1 aromatic carbocycles. The van der Waals surface area contributed by atoms with Gasteiger partial charge in [-0.3, -0.25) is 0 Å². The maximum atomic E-state index is 11.1. The largest absolute Gasteiger partial charge is 0.478 e. The van der Waals surface area contributed by atoms with Crippen LogP contribution in [0.5, 0.6) is 0 Å². The number of carboxylic acid groups (broad SMARTS) is 1. The fraction of sp³-hybridized carbons (Fsp3) is 0.188. The number of nitriles is 1. The minimum absolute atomic E-state index is 0.188. The Morgan fingerprint density at radius 1 is 1.25 bits per heavy atom. The molecule has 0 fully saturated rings. The molecule has 0 aromatic heterocycles. The Morgan fingerprint density at radius 2 is 2.00 bits per heavy atom. The lowest BCUT2D eigenvalue weighted by Gasteiger charge is -2.13. The molecule has 1 aromatic rings. The van der Waals surface area contributed by atoms with Crippen molar-refractivity contribution in [2.45, 2.75) is 19.3 Å². The summed E-state index contributed by atoms with van der Waals surface area (Å²) in [5.41, 5.74) is 2.89. The van der Waals surface area contributed by atoms with Crippen LogP contribution in [0.15, 0.2) is 58.6 Å². The van der Waals surface area contributed by atoms with Crippen molar-refractivity contribution in [1.29, 1.82) is 5.26 Å². The Kier molecular flexibility index (Phi) is 4.46. The molecule has 2 rings (SSSR count). The van der Waals surface area contributed by atoms with Gasteiger partial charge < -0.3 is 5.11 Å². The molecule has 0 aliphatic heterocycles. The number of carbonyl (C=O) groups is 1. The fourth-order valence-electron chi connectivity index (χ4n) is 2.15. The van der Waals surface area contributed by atoms with Gasteiger partial charge in [0, 0.05) is 6.42 Å². The summed E-state index contributed by atoms with van der Waals surface area (Å²) >= 11 is 0. The van der Waals surface area contributed by atoms with Crippen LogP contribution in [-0.4, -0.2) is 16.8 Å². The van der Waals surface area contributed by atoms with Crippen molar-refractivity contribution in [2.24, 2.45) is 4.99 Å². The van der Waals surface area contributed by atoms with Crippen molar-refractivity contribution < 1.29 is 9.90 Å². The third kappa shape index (κ3) is 3.66. The Hall–Kier alpha value is -2.67. The minimum atomic E-state index is -0.993. The minimum Gasteiger partial charge on any atom is -0.478 e. The molecule has 1 aliphatic carbocycles. The number of aliphatic carboxylic acids is 1. The van der Waals surface area contributed by atoms with Crippen LogP contribution in [-0.2, 0) is 11.2 Å². The average molecular weight is 266 g/mol. The zero-order chi connectivity index (χ0) is 14.4. The highest BCUT2D eigenvalue weighted by Crippen LogP contribution is 2.21. The Morgan fingerprint density at radius 3 is 2.65 bits per heavy atom. The van der Waals surface area contributed by atoms with Gasteiger partial charge >= 0.3 is 5.97 Å². The Labute approximate surface area is 117 Å². The molecule has 1 N–H and O–H groups in total. The molecule has 100 valence electrons. The van der Waals surface area contributed by atoms with Crippen molar-refractivity contribution in [3.05, 3.63) is 59.2 Å². The van der Waals surface area contributed by atoms with Gasteiger partial charge in [0.2, 0.25) is 6.19 Å². The van der Waals surface area contributed by atoms with Gasteiger partial charge in [0.15, 0.2) is 0 Å². The maximum Gasteiger partial charge on any atom is 0.335 e. The molecule has 1 aliphatic rings. The first-order chi connectivity index (χ1) is 9.69. The van der Waals surface area contributed by atoms with Crippen LogP contribution >= 0.6 is 0 Å². The fourth-order valence-corrected chi connectivity index (χ4v) is 2.15. The first kappa shape index (κ1) is 13.8. The number of hydrogen-bond acceptors (Lipinski definition) is 3. The third-order valence-electron chi connectivity index (χ3n) is 3.11. The molecule has 0 atom stereocenters. The van der Waals surface area contributed by atoms with Crippen molar-refractivity contribution in [2.75, 3.05) is 0 Å². The molecule has 0 heterocycles. The maximum absolute atomic E-state index is 11.1. The smallest absolute Gasteiger partial charge is 0.335 e. The van der Waals surface area contributed by atoms with E-state index in [-0.39, 0.29) is 5.57 Å². The Bertz CT molecular complexity index is 634. The van der Waals surface area contributed by atoms with Gasteiger partial charge in [-0.15, -0.1) is 0 Å². The normalized spacial score (nSPS) is 16.2. The number of allylic oxidation sites excluding steroid dienone is 2. The van der Waals surface area contributed by atoms with Crippen molar-refractivity contribution in [1.82, 2.24) is 0 Å². The van der Waals surface area contributed by atoms with E-state index in [9.17, 15) is 4.79 Å². The van der Waals surface area contributed by atoms with Gasteiger partial charge in [0.1, 0.15) is 0 Å². The van der Waals surface area contributed by atoms with Gasteiger partial charge in [0.05, 0.1) is 11.3 Å². The summed E-state index contributed by atoms with van der Waals surface area (Å²) in [6, 6.07) is 10.0. The average Bonchev–Trinajstić information content (AvgIpc) is 2.46.